The van der Waals surface area contributed by atoms with Crippen LogP contribution in [0.15, 0.2) is 51.6 Å². The first-order valence-electron chi connectivity index (χ1n) is 11.9. The quantitative estimate of drug-likeness (QED) is 0.495. The Kier molecular flexibility index (Phi) is 6.80. The molecule has 180 valence electrons. The Labute approximate surface area is 198 Å². The SMILES string of the molecule is COc1ccc(-c2noc(N3CCC(C(=O)N(Cc4ccco4)CC4CCCO4)CC3)n2)cc1. The van der Waals surface area contributed by atoms with Crippen LogP contribution < -0.4 is 9.64 Å². The summed E-state index contributed by atoms with van der Waals surface area (Å²) in [7, 11) is 1.63. The fraction of sp³-hybridized carbons (Fsp3) is 0.480. The second-order valence-corrected chi connectivity index (χ2v) is 8.82. The van der Waals surface area contributed by atoms with E-state index in [1.165, 1.54) is 0 Å². The molecule has 2 saturated heterocycles. The van der Waals surface area contributed by atoms with E-state index in [2.05, 4.69) is 15.0 Å². The number of nitrogens with zero attached hydrogens (tertiary/aromatic N) is 4. The molecule has 0 N–H and O–H groups in total. The lowest BCUT2D eigenvalue weighted by molar-refractivity contribution is -0.138. The third-order valence-corrected chi connectivity index (χ3v) is 6.56. The van der Waals surface area contributed by atoms with Gasteiger partial charge in [0.15, 0.2) is 0 Å². The van der Waals surface area contributed by atoms with Crippen molar-refractivity contribution in [3.8, 4) is 17.1 Å². The summed E-state index contributed by atoms with van der Waals surface area (Å²) < 4.78 is 22.0. The highest BCUT2D eigenvalue weighted by Gasteiger charge is 2.32. The topological polar surface area (TPSA) is 94.1 Å². The normalized spacial score (nSPS) is 18.9. The van der Waals surface area contributed by atoms with Crippen LogP contribution in [0.25, 0.3) is 11.4 Å². The van der Waals surface area contributed by atoms with Crippen molar-refractivity contribution in [2.75, 3.05) is 38.3 Å². The van der Waals surface area contributed by atoms with Gasteiger partial charge in [-0.25, -0.2) is 0 Å². The number of hydrogen-bond donors (Lipinski definition) is 0. The maximum atomic E-state index is 13.4. The van der Waals surface area contributed by atoms with Crippen molar-refractivity contribution in [2.45, 2.75) is 38.3 Å². The van der Waals surface area contributed by atoms with E-state index >= 15 is 0 Å². The van der Waals surface area contributed by atoms with Gasteiger partial charge in [-0.2, -0.15) is 4.98 Å². The summed E-state index contributed by atoms with van der Waals surface area (Å²) in [5.74, 6) is 2.23. The third-order valence-electron chi connectivity index (χ3n) is 6.56. The van der Waals surface area contributed by atoms with E-state index in [-0.39, 0.29) is 17.9 Å². The minimum Gasteiger partial charge on any atom is -0.497 e. The molecule has 1 aromatic carbocycles. The molecule has 0 aliphatic carbocycles. The monoisotopic (exact) mass is 466 g/mol. The fourth-order valence-corrected chi connectivity index (χ4v) is 4.63. The number of benzene rings is 1. The summed E-state index contributed by atoms with van der Waals surface area (Å²) in [6.07, 6.45) is 5.27. The first-order chi connectivity index (χ1) is 16.7. The Balaban J connectivity index is 1.20. The van der Waals surface area contributed by atoms with Crippen molar-refractivity contribution in [3.63, 3.8) is 0 Å². The first kappa shape index (κ1) is 22.5. The molecule has 9 nitrogen and oxygen atoms in total. The summed E-state index contributed by atoms with van der Waals surface area (Å²) in [4.78, 5) is 22.0. The summed E-state index contributed by atoms with van der Waals surface area (Å²) in [6, 6.07) is 11.8. The number of methoxy groups -OCH3 is 1. The number of anilines is 1. The molecule has 0 saturated carbocycles. The molecular weight excluding hydrogens is 436 g/mol. The Morgan fingerprint density at radius 3 is 2.68 bits per heavy atom. The van der Waals surface area contributed by atoms with Crippen molar-refractivity contribution in [3.05, 3.63) is 48.4 Å². The molecule has 2 aromatic heterocycles. The predicted octanol–water partition coefficient (Wildman–Crippen LogP) is 3.76. The van der Waals surface area contributed by atoms with E-state index in [1.54, 1.807) is 13.4 Å². The zero-order valence-electron chi connectivity index (χ0n) is 19.4. The van der Waals surface area contributed by atoms with Gasteiger partial charge < -0.3 is 28.2 Å². The van der Waals surface area contributed by atoms with Crippen molar-refractivity contribution < 1.29 is 23.2 Å². The van der Waals surface area contributed by atoms with Crippen molar-refractivity contribution in [1.29, 1.82) is 0 Å². The second-order valence-electron chi connectivity index (χ2n) is 8.82. The van der Waals surface area contributed by atoms with Crippen LogP contribution in [0.5, 0.6) is 5.75 Å². The van der Waals surface area contributed by atoms with Gasteiger partial charge in [0.25, 0.3) is 0 Å². The number of carbonyl (C=O) groups is 1. The number of piperidine rings is 1. The first-order valence-corrected chi connectivity index (χ1v) is 11.9. The van der Waals surface area contributed by atoms with Gasteiger partial charge in [0.1, 0.15) is 11.5 Å². The van der Waals surface area contributed by atoms with Crippen LogP contribution in [0.4, 0.5) is 6.01 Å². The number of ether oxygens (including phenoxy) is 2. The highest BCUT2D eigenvalue weighted by molar-refractivity contribution is 5.79. The van der Waals surface area contributed by atoms with E-state index in [1.807, 2.05) is 41.3 Å². The van der Waals surface area contributed by atoms with Crippen LogP contribution in [0.2, 0.25) is 0 Å². The molecule has 4 heterocycles. The zero-order valence-corrected chi connectivity index (χ0v) is 19.4. The van der Waals surface area contributed by atoms with Gasteiger partial charge in [0.05, 0.1) is 26.0 Å². The molecule has 2 aliphatic heterocycles. The number of carbonyl (C=O) groups excluding carboxylic acids is 1. The van der Waals surface area contributed by atoms with E-state index in [4.69, 9.17) is 18.4 Å². The second kappa shape index (κ2) is 10.3. The van der Waals surface area contributed by atoms with Crippen molar-refractivity contribution >= 4 is 11.9 Å². The Hall–Kier alpha value is -3.33. The molecule has 2 aliphatic rings. The maximum Gasteiger partial charge on any atom is 0.324 e. The minimum absolute atomic E-state index is 0.0448. The van der Waals surface area contributed by atoms with Crippen LogP contribution in [-0.2, 0) is 16.1 Å². The Bertz CT molecular complexity index is 1050. The number of amides is 1. The highest BCUT2D eigenvalue weighted by atomic mass is 16.5. The summed E-state index contributed by atoms with van der Waals surface area (Å²) in [6.45, 7) is 3.23. The summed E-state index contributed by atoms with van der Waals surface area (Å²) in [5, 5.41) is 4.13. The van der Waals surface area contributed by atoms with E-state index in [0.717, 1.165) is 49.4 Å². The van der Waals surface area contributed by atoms with E-state index in [0.29, 0.717) is 38.0 Å². The van der Waals surface area contributed by atoms with Crippen LogP contribution in [0.3, 0.4) is 0 Å². The third kappa shape index (κ3) is 5.09. The number of hydrogen-bond acceptors (Lipinski definition) is 8. The molecule has 5 rings (SSSR count). The molecule has 2 fully saturated rings. The predicted molar refractivity (Wildman–Crippen MR) is 124 cm³/mol. The minimum atomic E-state index is -0.0448. The molecule has 0 bridgehead atoms. The lowest BCUT2D eigenvalue weighted by Crippen LogP contribution is -2.44. The summed E-state index contributed by atoms with van der Waals surface area (Å²) in [5.41, 5.74) is 0.864. The van der Waals surface area contributed by atoms with Gasteiger partial charge >= 0.3 is 6.01 Å². The molecule has 34 heavy (non-hydrogen) atoms. The van der Waals surface area contributed by atoms with Gasteiger partial charge in [-0.05, 0) is 62.1 Å². The van der Waals surface area contributed by atoms with E-state index < -0.39 is 0 Å². The largest absolute Gasteiger partial charge is 0.497 e. The average molecular weight is 467 g/mol. The highest BCUT2D eigenvalue weighted by Crippen LogP contribution is 2.27. The lowest BCUT2D eigenvalue weighted by Gasteiger charge is -2.34. The Morgan fingerprint density at radius 1 is 1.18 bits per heavy atom. The van der Waals surface area contributed by atoms with Crippen LogP contribution in [-0.4, -0.2) is 60.4 Å². The number of aromatic nitrogens is 2. The molecule has 9 heteroatoms. The van der Waals surface area contributed by atoms with Crippen molar-refractivity contribution in [1.82, 2.24) is 15.0 Å². The zero-order chi connectivity index (χ0) is 23.3. The smallest absolute Gasteiger partial charge is 0.324 e. The maximum absolute atomic E-state index is 13.4. The molecule has 1 atom stereocenters. The molecule has 1 amide bonds. The summed E-state index contributed by atoms with van der Waals surface area (Å²) >= 11 is 0. The average Bonchev–Trinajstić information content (AvgIpc) is 3.67. The van der Waals surface area contributed by atoms with Crippen LogP contribution in [0.1, 0.15) is 31.4 Å². The fourth-order valence-electron chi connectivity index (χ4n) is 4.63. The van der Waals surface area contributed by atoms with Gasteiger partial charge in [0, 0.05) is 37.7 Å². The van der Waals surface area contributed by atoms with Crippen LogP contribution in [0, 0.1) is 5.92 Å². The van der Waals surface area contributed by atoms with Crippen LogP contribution >= 0.6 is 0 Å². The Morgan fingerprint density at radius 2 is 2.00 bits per heavy atom. The van der Waals surface area contributed by atoms with Gasteiger partial charge in [-0.15, -0.1) is 0 Å². The molecule has 0 spiro atoms. The number of rotatable bonds is 8. The standard InChI is InChI=1S/C25H30N4O5/c1-31-20-8-6-18(7-9-20)23-26-25(34-27-23)28-12-10-19(11-13-28)24(30)29(16-21-4-2-14-32-21)17-22-5-3-15-33-22/h2,4,6-9,14,19,22H,3,5,10-13,15-17H2,1H3. The van der Waals surface area contributed by atoms with Gasteiger partial charge in [-0.3, -0.25) is 4.79 Å². The van der Waals surface area contributed by atoms with Crippen molar-refractivity contribution in [2.24, 2.45) is 5.92 Å². The van der Waals surface area contributed by atoms with Gasteiger partial charge in [0.2, 0.25) is 11.7 Å². The van der Waals surface area contributed by atoms with E-state index in [9.17, 15) is 4.79 Å². The molecule has 0 radical (unpaired) electrons. The molecule has 1 unspecified atom stereocenters. The molecule has 3 aromatic rings. The molecular formula is C25H30N4O5. The number of furan rings is 1. The lowest BCUT2D eigenvalue weighted by atomic mass is 9.95. The van der Waals surface area contributed by atoms with Gasteiger partial charge in [-0.1, -0.05) is 5.16 Å².